The summed E-state index contributed by atoms with van der Waals surface area (Å²) >= 11 is 3.10. The first kappa shape index (κ1) is 14.2. The number of nitrogens with one attached hydrogen (secondary N) is 1. The number of ether oxygens (including phenoxy) is 1. The minimum absolute atomic E-state index is 0.112. The molecule has 0 unspecified atom stereocenters. The lowest BCUT2D eigenvalue weighted by molar-refractivity contribution is -0.385. The number of benzene rings is 1. The molecular weight excluding hydrogens is 304 g/mol. The summed E-state index contributed by atoms with van der Waals surface area (Å²) in [5, 5.41) is 13.3. The fourth-order valence-corrected chi connectivity index (χ4v) is 1.39. The fraction of sp³-hybridized carbons (Fsp3) is 0.182. The van der Waals surface area contributed by atoms with Crippen molar-refractivity contribution in [3.8, 4) is 5.75 Å². The zero-order valence-corrected chi connectivity index (χ0v) is 11.2. The van der Waals surface area contributed by atoms with Crippen molar-refractivity contribution in [1.82, 2.24) is 5.32 Å². The Hall–Kier alpha value is -1.89. The zero-order valence-electron chi connectivity index (χ0n) is 9.60. The molecule has 0 spiro atoms. The molecule has 0 saturated carbocycles. The number of carbonyl (C=O) groups excluding carboxylic acids is 1. The summed E-state index contributed by atoms with van der Waals surface area (Å²) < 4.78 is 5.45. The van der Waals surface area contributed by atoms with Crippen LogP contribution in [0.2, 0.25) is 0 Å². The van der Waals surface area contributed by atoms with Gasteiger partial charge in [-0.3, -0.25) is 14.9 Å². The van der Waals surface area contributed by atoms with Crippen LogP contribution in [0.5, 0.6) is 5.75 Å². The van der Waals surface area contributed by atoms with Crippen LogP contribution in [0.25, 0.3) is 0 Å². The molecule has 0 bridgehead atoms. The van der Waals surface area contributed by atoms with Crippen LogP contribution in [0.3, 0.4) is 0 Å². The van der Waals surface area contributed by atoms with E-state index in [2.05, 4.69) is 27.8 Å². The van der Waals surface area contributed by atoms with Gasteiger partial charge in [-0.1, -0.05) is 22.5 Å². The van der Waals surface area contributed by atoms with Crippen molar-refractivity contribution in [3.05, 3.63) is 44.9 Å². The highest BCUT2D eigenvalue weighted by atomic mass is 79.9. The Bertz CT molecular complexity index is 502. The Morgan fingerprint density at radius 3 is 2.78 bits per heavy atom. The lowest BCUT2D eigenvalue weighted by Gasteiger charge is -2.06. The molecule has 0 atom stereocenters. The summed E-state index contributed by atoms with van der Waals surface area (Å²) in [4.78, 5) is 21.9. The van der Waals surface area contributed by atoms with E-state index in [0.717, 1.165) is 0 Å². The highest BCUT2D eigenvalue weighted by Gasteiger charge is 2.17. The van der Waals surface area contributed by atoms with Crippen molar-refractivity contribution in [2.24, 2.45) is 0 Å². The first-order chi connectivity index (χ1) is 8.45. The normalized spacial score (nSPS) is 9.67. The van der Waals surface area contributed by atoms with Crippen LogP contribution < -0.4 is 10.1 Å². The summed E-state index contributed by atoms with van der Waals surface area (Å²) in [5.41, 5.74) is -0.0564. The van der Waals surface area contributed by atoms with E-state index in [1.807, 2.05) is 0 Å². The molecule has 0 aliphatic carbocycles. The Morgan fingerprint density at radius 1 is 1.61 bits per heavy atom. The number of nitrogens with zero attached hydrogens (tertiary/aromatic N) is 1. The van der Waals surface area contributed by atoms with Crippen LogP contribution in [0, 0.1) is 10.1 Å². The maximum absolute atomic E-state index is 11.7. The molecule has 18 heavy (non-hydrogen) atoms. The molecule has 1 aromatic carbocycles. The molecule has 0 saturated heterocycles. The molecule has 96 valence electrons. The molecule has 0 aromatic heterocycles. The lowest BCUT2D eigenvalue weighted by Crippen LogP contribution is -2.24. The minimum Gasteiger partial charge on any atom is -0.490 e. The summed E-state index contributed by atoms with van der Waals surface area (Å²) in [5.74, 6) is -0.303. The Morgan fingerprint density at radius 2 is 2.28 bits per heavy atom. The van der Waals surface area contributed by atoms with E-state index in [-0.39, 0.29) is 23.5 Å². The van der Waals surface area contributed by atoms with Gasteiger partial charge in [-0.05, 0) is 12.1 Å². The molecule has 1 aromatic rings. The predicted molar refractivity (Wildman–Crippen MR) is 70.0 cm³/mol. The second kappa shape index (κ2) is 6.15. The van der Waals surface area contributed by atoms with Gasteiger partial charge in [0.1, 0.15) is 0 Å². The zero-order chi connectivity index (χ0) is 13.7. The van der Waals surface area contributed by atoms with E-state index in [1.165, 1.54) is 25.3 Å². The molecule has 1 rings (SSSR count). The molecule has 7 heteroatoms. The number of carbonyl (C=O) groups is 1. The van der Waals surface area contributed by atoms with Gasteiger partial charge >= 0.3 is 5.69 Å². The summed E-state index contributed by atoms with van der Waals surface area (Å²) in [6, 6.07) is 4.01. The van der Waals surface area contributed by atoms with E-state index in [0.29, 0.717) is 4.48 Å². The largest absolute Gasteiger partial charge is 0.490 e. The van der Waals surface area contributed by atoms with Crippen LogP contribution in [-0.4, -0.2) is 24.5 Å². The quantitative estimate of drug-likeness (QED) is 0.667. The van der Waals surface area contributed by atoms with Crippen molar-refractivity contribution in [2.45, 2.75) is 0 Å². The van der Waals surface area contributed by atoms with Crippen molar-refractivity contribution >= 4 is 27.5 Å². The van der Waals surface area contributed by atoms with Crippen LogP contribution in [-0.2, 0) is 0 Å². The SMILES string of the molecule is C=C(Br)CNC(=O)c1ccc(OC)c([N+](=O)[O-])c1. The molecule has 0 fully saturated rings. The van der Waals surface area contributed by atoms with Crippen molar-refractivity contribution < 1.29 is 14.5 Å². The Labute approximate surface area is 112 Å². The van der Waals surface area contributed by atoms with Crippen LogP contribution >= 0.6 is 15.9 Å². The molecule has 0 aliphatic heterocycles. The number of rotatable bonds is 5. The number of amides is 1. The second-order valence-electron chi connectivity index (χ2n) is 3.34. The van der Waals surface area contributed by atoms with Gasteiger partial charge in [-0.25, -0.2) is 0 Å². The number of hydrogen-bond acceptors (Lipinski definition) is 4. The average molecular weight is 315 g/mol. The Kier molecular flexibility index (Phi) is 4.85. The number of hydrogen-bond donors (Lipinski definition) is 1. The summed E-state index contributed by atoms with van der Waals surface area (Å²) in [6.45, 7) is 3.82. The van der Waals surface area contributed by atoms with E-state index < -0.39 is 10.8 Å². The molecule has 6 nitrogen and oxygen atoms in total. The number of halogens is 1. The van der Waals surface area contributed by atoms with Crippen LogP contribution in [0.15, 0.2) is 29.3 Å². The topological polar surface area (TPSA) is 81.5 Å². The van der Waals surface area contributed by atoms with Crippen molar-refractivity contribution in [3.63, 3.8) is 0 Å². The molecule has 0 radical (unpaired) electrons. The number of nitro groups is 1. The molecule has 0 aliphatic rings. The third kappa shape index (κ3) is 3.56. The van der Waals surface area contributed by atoms with Crippen LogP contribution in [0.1, 0.15) is 10.4 Å². The molecule has 0 heterocycles. The van der Waals surface area contributed by atoms with E-state index in [9.17, 15) is 14.9 Å². The summed E-state index contributed by atoms with van der Waals surface area (Å²) in [7, 11) is 1.33. The average Bonchev–Trinajstić information content (AvgIpc) is 2.34. The number of methoxy groups -OCH3 is 1. The lowest BCUT2D eigenvalue weighted by atomic mass is 10.1. The molecular formula is C11H11BrN2O4. The van der Waals surface area contributed by atoms with E-state index in [4.69, 9.17) is 4.74 Å². The molecule has 1 amide bonds. The maximum atomic E-state index is 11.7. The number of nitro benzene ring substituents is 1. The molecule has 1 N–H and O–H groups in total. The van der Waals surface area contributed by atoms with E-state index in [1.54, 1.807) is 0 Å². The smallest absolute Gasteiger partial charge is 0.311 e. The first-order valence-corrected chi connectivity index (χ1v) is 5.69. The predicted octanol–water partition coefficient (Wildman–Crippen LogP) is 2.24. The van der Waals surface area contributed by atoms with Gasteiger partial charge < -0.3 is 10.1 Å². The highest BCUT2D eigenvalue weighted by Crippen LogP contribution is 2.27. The van der Waals surface area contributed by atoms with Gasteiger partial charge in [-0.2, -0.15) is 0 Å². The maximum Gasteiger partial charge on any atom is 0.311 e. The summed E-state index contributed by atoms with van der Waals surface area (Å²) in [6.07, 6.45) is 0. The van der Waals surface area contributed by atoms with Crippen molar-refractivity contribution in [1.29, 1.82) is 0 Å². The fourth-order valence-electron chi connectivity index (χ4n) is 1.25. The van der Waals surface area contributed by atoms with Gasteiger partial charge in [0.25, 0.3) is 5.91 Å². The van der Waals surface area contributed by atoms with Crippen LogP contribution in [0.4, 0.5) is 5.69 Å². The third-order valence-electron chi connectivity index (χ3n) is 2.08. The Balaban J connectivity index is 2.97. The van der Waals surface area contributed by atoms with Gasteiger partial charge in [-0.15, -0.1) is 0 Å². The standard InChI is InChI=1S/C11H11BrN2O4/c1-7(12)6-13-11(15)8-3-4-10(18-2)9(5-8)14(16)17/h3-5H,1,6H2,2H3,(H,13,15). The van der Waals surface area contributed by atoms with Crippen molar-refractivity contribution in [2.75, 3.05) is 13.7 Å². The first-order valence-electron chi connectivity index (χ1n) is 4.89. The van der Waals surface area contributed by atoms with Gasteiger partial charge in [0, 0.05) is 22.7 Å². The second-order valence-corrected chi connectivity index (χ2v) is 4.47. The van der Waals surface area contributed by atoms with E-state index >= 15 is 0 Å². The third-order valence-corrected chi connectivity index (χ3v) is 2.36. The monoisotopic (exact) mass is 314 g/mol. The van der Waals surface area contributed by atoms with Gasteiger partial charge in [0.15, 0.2) is 5.75 Å². The van der Waals surface area contributed by atoms with Gasteiger partial charge in [0.2, 0.25) is 0 Å². The minimum atomic E-state index is -0.598. The highest BCUT2D eigenvalue weighted by molar-refractivity contribution is 9.11. The van der Waals surface area contributed by atoms with Gasteiger partial charge in [0.05, 0.1) is 12.0 Å².